The van der Waals surface area contributed by atoms with Gasteiger partial charge >= 0.3 is 0 Å². The molecule has 1 amide bonds. The van der Waals surface area contributed by atoms with Gasteiger partial charge in [-0.05, 0) is 36.2 Å². The molecular weight excluding hydrogens is 288 g/mol. The first-order chi connectivity index (χ1) is 11.2. The van der Waals surface area contributed by atoms with Gasteiger partial charge in [0.25, 0.3) is 0 Å². The lowest BCUT2D eigenvalue weighted by Gasteiger charge is -2.29. The second-order valence-electron chi connectivity index (χ2n) is 5.80. The molecule has 120 valence electrons. The largest absolute Gasteiger partial charge is 0.378 e. The van der Waals surface area contributed by atoms with Crippen LogP contribution in [-0.4, -0.2) is 32.2 Å². The molecule has 0 spiro atoms. The molecule has 0 aliphatic carbocycles. The molecular formula is C19H22N2O2. The Morgan fingerprint density at radius 2 is 1.91 bits per heavy atom. The van der Waals surface area contributed by atoms with Crippen molar-refractivity contribution in [3.8, 4) is 0 Å². The topological polar surface area (TPSA) is 41.6 Å². The minimum Gasteiger partial charge on any atom is -0.378 e. The van der Waals surface area contributed by atoms with Crippen molar-refractivity contribution in [1.82, 2.24) is 0 Å². The summed E-state index contributed by atoms with van der Waals surface area (Å²) in [4.78, 5) is 14.6. The fourth-order valence-corrected chi connectivity index (χ4v) is 2.79. The average Bonchev–Trinajstić information content (AvgIpc) is 2.58. The van der Waals surface area contributed by atoms with E-state index in [1.165, 1.54) is 0 Å². The van der Waals surface area contributed by atoms with E-state index in [9.17, 15) is 4.79 Å². The molecule has 23 heavy (non-hydrogen) atoms. The van der Waals surface area contributed by atoms with E-state index >= 15 is 0 Å². The second-order valence-corrected chi connectivity index (χ2v) is 5.80. The lowest BCUT2D eigenvalue weighted by Crippen LogP contribution is -2.36. The molecule has 1 saturated heterocycles. The van der Waals surface area contributed by atoms with Gasteiger partial charge in [0.05, 0.1) is 19.6 Å². The molecule has 1 aliphatic rings. The molecule has 1 aliphatic heterocycles. The van der Waals surface area contributed by atoms with Gasteiger partial charge in [-0.2, -0.15) is 0 Å². The van der Waals surface area contributed by atoms with E-state index in [1.54, 1.807) is 0 Å². The van der Waals surface area contributed by atoms with Gasteiger partial charge in [-0.1, -0.05) is 30.3 Å². The lowest BCUT2D eigenvalue weighted by atomic mass is 10.1. The molecule has 2 aromatic carbocycles. The fraction of sp³-hybridized carbons (Fsp3) is 0.316. The van der Waals surface area contributed by atoms with Gasteiger partial charge < -0.3 is 15.0 Å². The second kappa shape index (κ2) is 7.29. The van der Waals surface area contributed by atoms with Crippen LogP contribution in [0.4, 0.5) is 11.4 Å². The molecule has 0 radical (unpaired) electrons. The average molecular weight is 310 g/mol. The SMILES string of the molecule is Cc1ccccc1CC(=O)Nc1cccc(N2CCOCC2)c1. The van der Waals surface area contributed by atoms with E-state index < -0.39 is 0 Å². The first kappa shape index (κ1) is 15.6. The fourth-order valence-electron chi connectivity index (χ4n) is 2.79. The van der Waals surface area contributed by atoms with Gasteiger partial charge in [-0.25, -0.2) is 0 Å². The Bertz CT molecular complexity index is 679. The summed E-state index contributed by atoms with van der Waals surface area (Å²) < 4.78 is 5.38. The summed E-state index contributed by atoms with van der Waals surface area (Å²) in [6.45, 7) is 5.32. The smallest absolute Gasteiger partial charge is 0.228 e. The summed E-state index contributed by atoms with van der Waals surface area (Å²) in [5.41, 5.74) is 4.17. The third-order valence-electron chi connectivity index (χ3n) is 4.12. The Balaban J connectivity index is 1.65. The highest BCUT2D eigenvalue weighted by Crippen LogP contribution is 2.20. The molecule has 1 heterocycles. The van der Waals surface area contributed by atoms with E-state index in [-0.39, 0.29) is 5.91 Å². The van der Waals surface area contributed by atoms with Gasteiger partial charge in [0.15, 0.2) is 0 Å². The number of rotatable bonds is 4. The summed E-state index contributed by atoms with van der Waals surface area (Å²) in [6, 6.07) is 16.0. The van der Waals surface area contributed by atoms with E-state index in [0.29, 0.717) is 6.42 Å². The number of ether oxygens (including phenoxy) is 1. The van der Waals surface area contributed by atoms with Crippen LogP contribution in [0.25, 0.3) is 0 Å². The minimum atomic E-state index is 0.0124. The molecule has 0 unspecified atom stereocenters. The van der Waals surface area contributed by atoms with Crippen LogP contribution in [-0.2, 0) is 16.0 Å². The van der Waals surface area contributed by atoms with Crippen molar-refractivity contribution in [2.75, 3.05) is 36.5 Å². The Hall–Kier alpha value is -2.33. The predicted octanol–water partition coefficient (Wildman–Crippen LogP) is 3.01. The summed E-state index contributed by atoms with van der Waals surface area (Å²) in [6.07, 6.45) is 0.397. The standard InChI is InChI=1S/C19H22N2O2/c1-15-5-2-3-6-16(15)13-19(22)20-17-7-4-8-18(14-17)21-9-11-23-12-10-21/h2-8,14H,9-13H2,1H3,(H,20,22). The van der Waals surface area contributed by atoms with Crippen LogP contribution >= 0.6 is 0 Å². The van der Waals surface area contributed by atoms with Crippen molar-refractivity contribution in [2.24, 2.45) is 0 Å². The summed E-state index contributed by atoms with van der Waals surface area (Å²) in [5.74, 6) is 0.0124. The van der Waals surface area contributed by atoms with Crippen molar-refractivity contribution in [1.29, 1.82) is 0 Å². The monoisotopic (exact) mass is 310 g/mol. The molecule has 4 nitrogen and oxygen atoms in total. The van der Waals surface area contributed by atoms with E-state index in [2.05, 4.69) is 16.3 Å². The number of carbonyl (C=O) groups excluding carboxylic acids is 1. The molecule has 1 fully saturated rings. The molecule has 2 aromatic rings. The van der Waals surface area contributed by atoms with Crippen LogP contribution in [0.5, 0.6) is 0 Å². The molecule has 0 saturated carbocycles. The van der Waals surface area contributed by atoms with Gasteiger partial charge in [-0.3, -0.25) is 4.79 Å². The van der Waals surface area contributed by atoms with Gasteiger partial charge in [0, 0.05) is 24.5 Å². The first-order valence-electron chi connectivity index (χ1n) is 7.99. The zero-order chi connectivity index (χ0) is 16.1. The number of amides is 1. The zero-order valence-corrected chi connectivity index (χ0v) is 13.4. The Kier molecular flexibility index (Phi) is 4.93. The molecule has 0 atom stereocenters. The molecule has 0 bridgehead atoms. The number of hydrogen-bond donors (Lipinski definition) is 1. The van der Waals surface area contributed by atoms with Crippen molar-refractivity contribution < 1.29 is 9.53 Å². The third-order valence-corrected chi connectivity index (χ3v) is 4.12. The lowest BCUT2D eigenvalue weighted by molar-refractivity contribution is -0.115. The Labute approximate surface area is 137 Å². The van der Waals surface area contributed by atoms with Crippen molar-refractivity contribution in [3.05, 3.63) is 59.7 Å². The summed E-state index contributed by atoms with van der Waals surface area (Å²) >= 11 is 0. The van der Waals surface area contributed by atoms with E-state index in [1.807, 2.05) is 49.4 Å². The molecule has 0 aromatic heterocycles. The molecule has 1 N–H and O–H groups in total. The van der Waals surface area contributed by atoms with E-state index in [0.717, 1.165) is 48.8 Å². The Morgan fingerprint density at radius 3 is 2.70 bits per heavy atom. The molecule has 4 heteroatoms. The highest BCUT2D eigenvalue weighted by molar-refractivity contribution is 5.92. The predicted molar refractivity (Wildman–Crippen MR) is 93.0 cm³/mol. The summed E-state index contributed by atoms with van der Waals surface area (Å²) in [7, 11) is 0. The highest BCUT2D eigenvalue weighted by atomic mass is 16.5. The maximum absolute atomic E-state index is 12.3. The van der Waals surface area contributed by atoms with Gasteiger partial charge in [0.1, 0.15) is 0 Å². The van der Waals surface area contributed by atoms with Crippen LogP contribution in [0.1, 0.15) is 11.1 Å². The van der Waals surface area contributed by atoms with Crippen LogP contribution in [0.2, 0.25) is 0 Å². The van der Waals surface area contributed by atoms with Crippen LogP contribution in [0.3, 0.4) is 0 Å². The van der Waals surface area contributed by atoms with Crippen molar-refractivity contribution in [2.45, 2.75) is 13.3 Å². The zero-order valence-electron chi connectivity index (χ0n) is 13.4. The van der Waals surface area contributed by atoms with Crippen molar-refractivity contribution >= 4 is 17.3 Å². The number of aryl methyl sites for hydroxylation is 1. The summed E-state index contributed by atoms with van der Waals surface area (Å²) in [5, 5.41) is 3.00. The Morgan fingerprint density at radius 1 is 1.13 bits per heavy atom. The van der Waals surface area contributed by atoms with Crippen LogP contribution < -0.4 is 10.2 Å². The third kappa shape index (κ3) is 4.11. The van der Waals surface area contributed by atoms with Crippen LogP contribution in [0.15, 0.2) is 48.5 Å². The number of morpholine rings is 1. The van der Waals surface area contributed by atoms with Gasteiger partial charge in [-0.15, -0.1) is 0 Å². The first-order valence-corrected chi connectivity index (χ1v) is 7.99. The van der Waals surface area contributed by atoms with E-state index in [4.69, 9.17) is 4.74 Å². The maximum Gasteiger partial charge on any atom is 0.228 e. The van der Waals surface area contributed by atoms with Crippen molar-refractivity contribution in [3.63, 3.8) is 0 Å². The number of hydrogen-bond acceptors (Lipinski definition) is 3. The maximum atomic E-state index is 12.3. The normalized spacial score (nSPS) is 14.6. The van der Waals surface area contributed by atoms with Gasteiger partial charge in [0.2, 0.25) is 5.91 Å². The number of carbonyl (C=O) groups is 1. The number of anilines is 2. The van der Waals surface area contributed by atoms with Crippen LogP contribution in [0, 0.1) is 6.92 Å². The number of nitrogens with one attached hydrogen (secondary N) is 1. The quantitative estimate of drug-likeness (QED) is 0.944. The highest BCUT2D eigenvalue weighted by Gasteiger charge is 2.12. The number of benzene rings is 2. The number of nitrogens with zero attached hydrogens (tertiary/aromatic N) is 1. The molecule has 3 rings (SSSR count). The minimum absolute atomic E-state index is 0.0124.